The number of para-hydroxylation sites is 1. The summed E-state index contributed by atoms with van der Waals surface area (Å²) in [6, 6.07) is 10.1. The Morgan fingerprint density at radius 2 is 2.15 bits per heavy atom. The number of hydrogen-bond donors (Lipinski definition) is 1. The first-order valence-electron chi connectivity index (χ1n) is 9.24. The third-order valence-electron chi connectivity index (χ3n) is 5.56. The molecule has 2 aromatic heterocycles. The first-order chi connectivity index (χ1) is 13.2. The van der Waals surface area contributed by atoms with Crippen LogP contribution in [-0.2, 0) is 6.42 Å². The van der Waals surface area contributed by atoms with E-state index < -0.39 is 0 Å². The topological polar surface area (TPSA) is 64.9 Å². The van der Waals surface area contributed by atoms with Crippen LogP contribution in [0.4, 0.5) is 0 Å². The highest BCUT2D eigenvalue weighted by atomic mass is 35.5. The minimum atomic E-state index is -0.196. The lowest BCUT2D eigenvalue weighted by molar-refractivity contribution is 0.00162. The molecule has 1 N–H and O–H groups in total. The molecule has 2 atom stereocenters. The van der Waals surface area contributed by atoms with Crippen molar-refractivity contribution in [3.8, 4) is 11.6 Å². The molecule has 6 nitrogen and oxygen atoms in total. The van der Waals surface area contributed by atoms with E-state index in [1.807, 2.05) is 35.0 Å². The first kappa shape index (κ1) is 16.7. The van der Waals surface area contributed by atoms with Crippen molar-refractivity contribution in [2.24, 2.45) is 0 Å². The number of benzene rings is 1. The van der Waals surface area contributed by atoms with Gasteiger partial charge in [-0.25, -0.2) is 4.98 Å². The third-order valence-corrected chi connectivity index (χ3v) is 5.86. The van der Waals surface area contributed by atoms with Gasteiger partial charge in [-0.3, -0.25) is 4.57 Å². The lowest BCUT2D eigenvalue weighted by atomic mass is 9.80. The smallest absolute Gasteiger partial charge is 0.160 e. The van der Waals surface area contributed by atoms with Crippen molar-refractivity contribution in [1.29, 1.82) is 0 Å². The summed E-state index contributed by atoms with van der Waals surface area (Å²) >= 11 is 6.39. The number of aromatic nitrogens is 4. The van der Waals surface area contributed by atoms with Gasteiger partial charge in [0.15, 0.2) is 5.82 Å². The second kappa shape index (κ2) is 6.62. The zero-order valence-corrected chi connectivity index (χ0v) is 15.6. The summed E-state index contributed by atoms with van der Waals surface area (Å²) in [6.07, 6.45) is 9.12. The fourth-order valence-corrected chi connectivity index (χ4v) is 4.33. The van der Waals surface area contributed by atoms with Crippen molar-refractivity contribution in [3.05, 3.63) is 65.3 Å². The molecule has 1 spiro atoms. The highest BCUT2D eigenvalue weighted by molar-refractivity contribution is 6.32. The number of nitrogens with one attached hydrogen (secondary N) is 1. The molecule has 1 fully saturated rings. The molecule has 0 radical (unpaired) electrons. The van der Waals surface area contributed by atoms with E-state index in [2.05, 4.69) is 26.6 Å². The maximum absolute atomic E-state index is 6.49. The second-order valence-electron chi connectivity index (χ2n) is 7.26. The number of aryl methyl sites for hydroxylation is 1. The standard InChI is InChI=1S/C20H20ClN5O/c21-15-3-1-2-14-6-7-20(27-19(14)15)8-9-23-17(12-20)16-4-5-18(25-24-16)26-11-10-22-13-26/h1-5,10-11,13,17,23H,6-9,12H2/t17-,20?/m1/s1. The molecular formula is C20H20ClN5O. The predicted molar refractivity (Wildman–Crippen MR) is 102 cm³/mol. The molecule has 0 saturated carbocycles. The molecule has 2 aliphatic rings. The van der Waals surface area contributed by atoms with E-state index in [-0.39, 0.29) is 11.6 Å². The highest BCUT2D eigenvalue weighted by Gasteiger charge is 2.42. The second-order valence-corrected chi connectivity index (χ2v) is 7.67. The number of hydrogen-bond acceptors (Lipinski definition) is 5. The molecule has 27 heavy (non-hydrogen) atoms. The number of piperidine rings is 1. The molecule has 4 heterocycles. The molecule has 0 amide bonds. The Kier molecular flexibility index (Phi) is 4.10. The van der Waals surface area contributed by atoms with Crippen molar-refractivity contribution >= 4 is 11.6 Å². The Bertz CT molecular complexity index is 944. The SMILES string of the molecule is Clc1cccc2c1OC1(CCN[C@@H](c3ccc(-n4ccnc4)nn3)C1)CC2. The molecule has 1 saturated heterocycles. The zero-order valence-electron chi connectivity index (χ0n) is 14.8. The summed E-state index contributed by atoms with van der Waals surface area (Å²) in [4.78, 5) is 4.05. The number of halogens is 1. The summed E-state index contributed by atoms with van der Waals surface area (Å²) in [5.41, 5.74) is 1.94. The molecule has 5 rings (SSSR count). The van der Waals surface area contributed by atoms with Crippen molar-refractivity contribution in [3.63, 3.8) is 0 Å². The van der Waals surface area contributed by atoms with Gasteiger partial charge in [-0.2, -0.15) is 5.10 Å². The normalized spacial score (nSPS) is 24.4. The van der Waals surface area contributed by atoms with E-state index in [0.717, 1.165) is 49.5 Å². The van der Waals surface area contributed by atoms with Gasteiger partial charge in [0.1, 0.15) is 17.7 Å². The minimum absolute atomic E-state index is 0.118. The van der Waals surface area contributed by atoms with Crippen molar-refractivity contribution in [1.82, 2.24) is 25.1 Å². The average molecular weight is 382 g/mol. The molecule has 1 unspecified atom stereocenters. The van der Waals surface area contributed by atoms with E-state index in [4.69, 9.17) is 16.3 Å². The van der Waals surface area contributed by atoms with Gasteiger partial charge in [-0.05, 0) is 49.6 Å². The average Bonchev–Trinajstić information content (AvgIpc) is 3.24. The fourth-order valence-electron chi connectivity index (χ4n) is 4.10. The van der Waals surface area contributed by atoms with E-state index in [1.165, 1.54) is 5.56 Å². The van der Waals surface area contributed by atoms with Crippen LogP contribution in [0.15, 0.2) is 49.1 Å². The lowest BCUT2D eigenvalue weighted by Crippen LogP contribution is -2.49. The number of imidazole rings is 1. The van der Waals surface area contributed by atoms with Gasteiger partial charge in [-0.1, -0.05) is 23.7 Å². The highest BCUT2D eigenvalue weighted by Crippen LogP contribution is 2.44. The van der Waals surface area contributed by atoms with E-state index in [9.17, 15) is 0 Å². The summed E-state index contributed by atoms with van der Waals surface area (Å²) in [5.74, 6) is 1.61. The fraction of sp³-hybridized carbons (Fsp3) is 0.350. The summed E-state index contributed by atoms with van der Waals surface area (Å²) < 4.78 is 8.34. The molecule has 7 heteroatoms. The van der Waals surface area contributed by atoms with Gasteiger partial charge in [0, 0.05) is 18.8 Å². The van der Waals surface area contributed by atoms with Gasteiger partial charge in [0.05, 0.1) is 16.8 Å². The number of nitrogens with zero attached hydrogens (tertiary/aromatic N) is 4. The molecule has 1 aromatic carbocycles. The lowest BCUT2D eigenvalue weighted by Gasteiger charge is -2.44. The van der Waals surface area contributed by atoms with Crippen LogP contribution in [0.3, 0.4) is 0 Å². The molecular weight excluding hydrogens is 362 g/mol. The van der Waals surface area contributed by atoms with E-state index >= 15 is 0 Å². The van der Waals surface area contributed by atoms with Crippen LogP contribution in [0.5, 0.6) is 5.75 Å². The van der Waals surface area contributed by atoms with Crippen LogP contribution in [0, 0.1) is 0 Å². The summed E-state index contributed by atoms with van der Waals surface area (Å²) in [6.45, 7) is 0.884. The molecule has 0 bridgehead atoms. The predicted octanol–water partition coefficient (Wildman–Crippen LogP) is 3.50. The van der Waals surface area contributed by atoms with Crippen LogP contribution in [0.2, 0.25) is 5.02 Å². The Morgan fingerprint density at radius 3 is 2.96 bits per heavy atom. The van der Waals surface area contributed by atoms with Gasteiger partial charge < -0.3 is 10.1 Å². The summed E-state index contributed by atoms with van der Waals surface area (Å²) in [5, 5.41) is 13.1. The largest absolute Gasteiger partial charge is 0.485 e. The molecule has 2 aliphatic heterocycles. The molecule has 3 aromatic rings. The van der Waals surface area contributed by atoms with Gasteiger partial charge >= 0.3 is 0 Å². The minimum Gasteiger partial charge on any atom is -0.485 e. The van der Waals surface area contributed by atoms with Crippen LogP contribution < -0.4 is 10.1 Å². The number of fused-ring (bicyclic) bond motifs is 1. The Labute approximate surface area is 162 Å². The Morgan fingerprint density at radius 1 is 1.19 bits per heavy atom. The molecule has 138 valence electrons. The van der Waals surface area contributed by atoms with Gasteiger partial charge in [0.25, 0.3) is 0 Å². The van der Waals surface area contributed by atoms with Gasteiger partial charge in [0.2, 0.25) is 0 Å². The maximum atomic E-state index is 6.49. The Balaban J connectivity index is 1.38. The molecule has 0 aliphatic carbocycles. The maximum Gasteiger partial charge on any atom is 0.160 e. The van der Waals surface area contributed by atoms with Gasteiger partial charge in [-0.15, -0.1) is 5.10 Å². The first-order valence-corrected chi connectivity index (χ1v) is 9.62. The van der Waals surface area contributed by atoms with Crippen molar-refractivity contribution in [2.45, 2.75) is 37.3 Å². The number of rotatable bonds is 2. The van der Waals surface area contributed by atoms with E-state index in [0.29, 0.717) is 5.02 Å². The third kappa shape index (κ3) is 3.09. The number of ether oxygens (including phenoxy) is 1. The van der Waals surface area contributed by atoms with Crippen molar-refractivity contribution < 1.29 is 4.74 Å². The quantitative estimate of drug-likeness (QED) is 0.736. The van der Waals surface area contributed by atoms with Crippen LogP contribution in [0.1, 0.15) is 36.6 Å². The monoisotopic (exact) mass is 381 g/mol. The zero-order chi connectivity index (χ0) is 18.3. The van der Waals surface area contributed by atoms with Crippen molar-refractivity contribution in [2.75, 3.05) is 6.54 Å². The van der Waals surface area contributed by atoms with Crippen LogP contribution in [-0.4, -0.2) is 31.9 Å². The summed E-state index contributed by atoms with van der Waals surface area (Å²) in [7, 11) is 0. The van der Waals surface area contributed by atoms with Crippen LogP contribution >= 0.6 is 11.6 Å². The van der Waals surface area contributed by atoms with E-state index in [1.54, 1.807) is 12.5 Å². The Hall–Kier alpha value is -2.44. The van der Waals surface area contributed by atoms with Crippen LogP contribution in [0.25, 0.3) is 5.82 Å².